The van der Waals surface area contributed by atoms with Gasteiger partial charge in [-0.2, -0.15) is 0 Å². The molecular weight excluding hydrogens is 575 g/mol. The molecule has 1 aromatic heterocycles. The molecule has 0 spiro atoms. The highest BCUT2D eigenvalue weighted by Gasteiger charge is 2.56. The van der Waals surface area contributed by atoms with E-state index in [1.807, 2.05) is 30.3 Å². The molecular formula is C25H37N6O8PS. The first-order chi connectivity index (χ1) is 19.4. The van der Waals surface area contributed by atoms with Crippen molar-refractivity contribution in [2.45, 2.75) is 51.4 Å². The molecule has 0 aliphatic carbocycles. The average Bonchev–Trinajstić information content (AvgIpc) is 3.48. The van der Waals surface area contributed by atoms with Crippen LogP contribution in [0.4, 0.5) is 17.3 Å². The highest BCUT2D eigenvalue weighted by Crippen LogP contribution is 2.46. The third-order valence-electron chi connectivity index (χ3n) is 6.85. The van der Waals surface area contributed by atoms with Crippen LogP contribution in [0.5, 0.6) is 0 Å². The zero-order valence-corrected chi connectivity index (χ0v) is 24.8. The number of fused-ring (bicyclic) bond motifs is 1. The van der Waals surface area contributed by atoms with Crippen molar-refractivity contribution < 1.29 is 38.5 Å². The molecule has 0 bridgehead atoms. The number of ether oxygens (including phenoxy) is 1. The number of nitrogens with zero attached hydrogens (tertiary/aromatic N) is 3. The van der Waals surface area contributed by atoms with Gasteiger partial charge in [0.05, 0.1) is 31.9 Å². The van der Waals surface area contributed by atoms with E-state index < -0.39 is 37.2 Å². The number of nitrogens with one attached hydrogen (secondary N) is 2. The zero-order valence-electron chi connectivity index (χ0n) is 23.1. The molecule has 0 radical (unpaired) electrons. The summed E-state index contributed by atoms with van der Waals surface area (Å²) in [7, 11) is -3.98. The molecule has 16 heteroatoms. The largest absolute Gasteiger partial charge is 0.405 e. The first kappa shape index (κ1) is 31.6. The van der Waals surface area contributed by atoms with Crippen molar-refractivity contribution in [1.29, 1.82) is 0 Å². The van der Waals surface area contributed by atoms with Gasteiger partial charge in [-0.3, -0.25) is 13.8 Å². The molecule has 7 N–H and O–H groups in total. The summed E-state index contributed by atoms with van der Waals surface area (Å²) in [4.78, 5) is 22.1. The molecule has 2 aliphatic rings. The monoisotopic (exact) mass is 612 g/mol. The van der Waals surface area contributed by atoms with Gasteiger partial charge in [0.2, 0.25) is 0 Å². The second kappa shape index (κ2) is 12.9. The number of benzene rings is 1. The van der Waals surface area contributed by atoms with Crippen LogP contribution >= 0.6 is 19.5 Å². The molecule has 2 aliphatic heterocycles. The Morgan fingerprint density at radius 2 is 2.07 bits per heavy atom. The average molecular weight is 613 g/mol. The van der Waals surface area contributed by atoms with Crippen molar-refractivity contribution in [3.05, 3.63) is 42.2 Å². The molecule has 0 saturated carbocycles. The minimum absolute atomic E-state index is 0.0945. The van der Waals surface area contributed by atoms with Crippen molar-refractivity contribution >= 4 is 41.9 Å². The standard InChI is InChI=1S/C25H37N6O8PS/c1-24(2,13-32)23(34)41-10-9-37-40(36,30-11-16-7-5-4-6-8-16)38-12-17-19(33)25(3,35)22(39-17)31-15-29-18-20(26)27-14-28-21(18)31/h4-8,14,17,19,22,29,32-33,35H,9-13,15H2,1-3H3,(H,30,36)(H2,26,27,28)/t17-,19?,22-,25+,40?/m1/s1. The van der Waals surface area contributed by atoms with Gasteiger partial charge >= 0.3 is 7.75 Å². The second-order valence-electron chi connectivity index (χ2n) is 10.6. The lowest BCUT2D eigenvalue weighted by molar-refractivity contribution is -0.119. The maximum Gasteiger partial charge on any atom is 0.405 e. The first-order valence-corrected chi connectivity index (χ1v) is 15.5. The van der Waals surface area contributed by atoms with Crippen LogP contribution in [-0.2, 0) is 29.7 Å². The summed E-state index contributed by atoms with van der Waals surface area (Å²) in [6.07, 6.45) is -2.23. The van der Waals surface area contributed by atoms with E-state index in [9.17, 15) is 24.7 Å². The van der Waals surface area contributed by atoms with Gasteiger partial charge in [-0.25, -0.2) is 19.6 Å². The number of hydrogen-bond acceptors (Lipinski definition) is 14. The molecule has 226 valence electrons. The lowest BCUT2D eigenvalue weighted by atomic mass is 9.96. The molecule has 1 aromatic carbocycles. The Labute approximate surface area is 242 Å². The van der Waals surface area contributed by atoms with Crippen molar-refractivity contribution in [3.8, 4) is 0 Å². The minimum atomic E-state index is -3.98. The predicted octanol–water partition coefficient (Wildman–Crippen LogP) is 1.29. The van der Waals surface area contributed by atoms with Crippen molar-refractivity contribution in [1.82, 2.24) is 15.1 Å². The Balaban J connectivity index is 1.41. The number of aliphatic hydroxyl groups is 3. The van der Waals surface area contributed by atoms with E-state index in [4.69, 9.17) is 19.5 Å². The maximum absolute atomic E-state index is 13.7. The Bertz CT molecular complexity index is 1260. The van der Waals surface area contributed by atoms with Crippen LogP contribution in [0.1, 0.15) is 26.3 Å². The molecule has 1 saturated heterocycles. The van der Waals surface area contributed by atoms with E-state index in [1.54, 1.807) is 18.7 Å². The summed E-state index contributed by atoms with van der Waals surface area (Å²) in [5.41, 5.74) is 4.57. The molecule has 3 heterocycles. The number of aliphatic hydroxyl groups excluding tert-OH is 2. The molecule has 1 fully saturated rings. The predicted molar refractivity (Wildman–Crippen MR) is 154 cm³/mol. The number of carbonyl (C=O) groups excluding carboxylic acids is 1. The summed E-state index contributed by atoms with van der Waals surface area (Å²) in [6.45, 7) is 4.28. The summed E-state index contributed by atoms with van der Waals surface area (Å²) in [5, 5.41) is 37.2. The Morgan fingerprint density at radius 3 is 2.78 bits per heavy atom. The summed E-state index contributed by atoms with van der Waals surface area (Å²) >= 11 is 0.960. The van der Waals surface area contributed by atoms with E-state index in [2.05, 4.69) is 20.4 Å². The van der Waals surface area contributed by atoms with E-state index in [-0.39, 0.29) is 49.7 Å². The highest BCUT2D eigenvalue weighted by molar-refractivity contribution is 8.13. The van der Waals surface area contributed by atoms with Gasteiger partial charge < -0.3 is 36.0 Å². The van der Waals surface area contributed by atoms with Crippen LogP contribution in [-0.4, -0.2) is 86.7 Å². The van der Waals surface area contributed by atoms with Gasteiger partial charge in [0.1, 0.15) is 29.8 Å². The smallest absolute Gasteiger partial charge is 0.395 e. The molecule has 14 nitrogen and oxygen atoms in total. The third kappa shape index (κ3) is 7.19. The summed E-state index contributed by atoms with van der Waals surface area (Å²) in [6, 6.07) is 9.21. The number of aromatic nitrogens is 2. The molecule has 2 aromatic rings. The number of hydrogen-bond donors (Lipinski definition) is 6. The molecule has 2 unspecified atom stereocenters. The van der Waals surface area contributed by atoms with Crippen LogP contribution in [0.3, 0.4) is 0 Å². The van der Waals surface area contributed by atoms with Gasteiger partial charge in [-0.1, -0.05) is 42.1 Å². The highest BCUT2D eigenvalue weighted by atomic mass is 32.2. The molecule has 41 heavy (non-hydrogen) atoms. The lowest BCUT2D eigenvalue weighted by Crippen LogP contribution is -2.53. The van der Waals surface area contributed by atoms with Gasteiger partial charge in [0, 0.05) is 12.3 Å². The molecule has 4 rings (SSSR count). The van der Waals surface area contributed by atoms with Crippen LogP contribution in [0.15, 0.2) is 36.7 Å². The van der Waals surface area contributed by atoms with Crippen LogP contribution in [0.2, 0.25) is 0 Å². The van der Waals surface area contributed by atoms with Gasteiger partial charge in [-0.15, -0.1) is 0 Å². The minimum Gasteiger partial charge on any atom is -0.395 e. The third-order valence-corrected chi connectivity index (χ3v) is 9.59. The maximum atomic E-state index is 13.7. The van der Waals surface area contributed by atoms with E-state index in [0.717, 1.165) is 17.3 Å². The number of rotatable bonds is 13. The first-order valence-electron chi connectivity index (χ1n) is 13.0. The van der Waals surface area contributed by atoms with Gasteiger partial charge in [0.15, 0.2) is 23.0 Å². The fourth-order valence-electron chi connectivity index (χ4n) is 4.27. The number of thioether (sulfide) groups is 1. The van der Waals surface area contributed by atoms with Gasteiger partial charge in [0.25, 0.3) is 0 Å². The fraction of sp³-hybridized carbons (Fsp3) is 0.560. The van der Waals surface area contributed by atoms with Crippen LogP contribution in [0, 0.1) is 5.41 Å². The number of anilines is 3. The normalized spacial score (nSPS) is 25.5. The number of nitrogen functional groups attached to an aromatic ring is 1. The second-order valence-corrected chi connectivity index (χ2v) is 13.5. The van der Waals surface area contributed by atoms with E-state index >= 15 is 0 Å². The molecule has 5 atom stereocenters. The topological polar surface area (TPSA) is 202 Å². The Kier molecular flexibility index (Phi) is 9.94. The molecule has 0 amide bonds. The van der Waals surface area contributed by atoms with Crippen LogP contribution in [0.25, 0.3) is 0 Å². The fourth-order valence-corrected chi connectivity index (χ4v) is 6.50. The lowest BCUT2D eigenvalue weighted by Gasteiger charge is -2.33. The number of nitrogens with two attached hydrogens (primary N) is 1. The Hall–Kier alpha value is -2.33. The quantitative estimate of drug-likeness (QED) is 0.139. The van der Waals surface area contributed by atoms with E-state index in [0.29, 0.717) is 11.5 Å². The van der Waals surface area contributed by atoms with Crippen molar-refractivity contribution in [2.24, 2.45) is 5.41 Å². The van der Waals surface area contributed by atoms with Gasteiger partial charge in [-0.05, 0) is 26.3 Å². The number of carbonyl (C=O) groups is 1. The summed E-state index contributed by atoms with van der Waals surface area (Å²) < 4.78 is 31.0. The zero-order chi connectivity index (χ0) is 29.8. The van der Waals surface area contributed by atoms with Crippen LogP contribution < -0.4 is 21.0 Å². The Morgan fingerprint density at radius 1 is 1.34 bits per heavy atom. The van der Waals surface area contributed by atoms with Crippen molar-refractivity contribution in [2.75, 3.05) is 48.2 Å². The SMILES string of the molecule is CC(C)(CO)C(=O)SCCOP(=O)(NCc1ccccc1)OC[C@H]1O[C@@H](N2CNc3c(N)ncnc32)[C@@](C)(O)C1O. The van der Waals surface area contributed by atoms with E-state index in [1.165, 1.54) is 13.3 Å². The van der Waals surface area contributed by atoms with Crippen molar-refractivity contribution in [3.63, 3.8) is 0 Å². The summed E-state index contributed by atoms with van der Waals surface area (Å²) in [5.74, 6) is 0.818.